The number of hydrogen-bond acceptors (Lipinski definition) is 3. The summed E-state index contributed by atoms with van der Waals surface area (Å²) in [5.74, 6) is -0.196. The van der Waals surface area contributed by atoms with Gasteiger partial charge in [-0.15, -0.1) is 0 Å². The van der Waals surface area contributed by atoms with Gasteiger partial charge in [0.1, 0.15) is 5.82 Å². The van der Waals surface area contributed by atoms with E-state index >= 15 is 0 Å². The minimum atomic E-state index is -0.348. The molecule has 3 rings (SSSR count). The first-order valence-corrected chi connectivity index (χ1v) is 8.31. The van der Waals surface area contributed by atoms with Crippen LogP contribution in [0.2, 0.25) is 0 Å². The lowest BCUT2D eigenvalue weighted by Gasteiger charge is -2.11. The molecule has 0 aliphatic rings. The summed E-state index contributed by atoms with van der Waals surface area (Å²) in [6.45, 7) is 0. The molecule has 0 bridgehead atoms. The number of hydrogen-bond donors (Lipinski definition) is 2. The van der Waals surface area contributed by atoms with E-state index in [1.165, 1.54) is 0 Å². The van der Waals surface area contributed by atoms with Crippen LogP contribution in [0.5, 0.6) is 0 Å². The standard InChI is InChI=1S/C19H14BrN3O2/c20-14-10-11-17(21-12-14)23-19(25)15-8-4-5-9-16(15)22-18(24)13-6-2-1-3-7-13/h1-12H,(H,22,24)(H,21,23,25). The predicted molar refractivity (Wildman–Crippen MR) is 101 cm³/mol. The quantitative estimate of drug-likeness (QED) is 0.689. The van der Waals surface area contributed by atoms with Crippen molar-refractivity contribution in [2.24, 2.45) is 0 Å². The van der Waals surface area contributed by atoms with Gasteiger partial charge in [0.2, 0.25) is 0 Å². The maximum Gasteiger partial charge on any atom is 0.258 e. The highest BCUT2D eigenvalue weighted by Crippen LogP contribution is 2.18. The Bertz CT molecular complexity index is 896. The fourth-order valence-electron chi connectivity index (χ4n) is 2.21. The number of amides is 2. The van der Waals surface area contributed by atoms with Gasteiger partial charge in [0.05, 0.1) is 11.3 Å². The Balaban J connectivity index is 1.79. The number of nitrogens with zero attached hydrogens (tertiary/aromatic N) is 1. The highest BCUT2D eigenvalue weighted by Gasteiger charge is 2.14. The highest BCUT2D eigenvalue weighted by atomic mass is 79.9. The number of aromatic nitrogens is 1. The zero-order chi connectivity index (χ0) is 17.6. The number of carbonyl (C=O) groups excluding carboxylic acids is 2. The molecule has 25 heavy (non-hydrogen) atoms. The van der Waals surface area contributed by atoms with Crippen molar-refractivity contribution < 1.29 is 9.59 Å². The summed E-state index contributed by atoms with van der Waals surface area (Å²) in [5, 5.41) is 5.49. The van der Waals surface area contributed by atoms with Crippen LogP contribution >= 0.6 is 15.9 Å². The van der Waals surface area contributed by atoms with Gasteiger partial charge in [0.15, 0.2) is 0 Å². The van der Waals surface area contributed by atoms with Gasteiger partial charge in [0.25, 0.3) is 11.8 Å². The summed E-state index contributed by atoms with van der Waals surface area (Å²) in [5.41, 5.74) is 1.31. The summed E-state index contributed by atoms with van der Waals surface area (Å²) in [4.78, 5) is 29.0. The smallest absolute Gasteiger partial charge is 0.258 e. The van der Waals surface area contributed by atoms with Gasteiger partial charge in [0, 0.05) is 16.2 Å². The summed E-state index contributed by atoms with van der Waals surface area (Å²) in [6.07, 6.45) is 1.60. The molecule has 3 aromatic rings. The Labute approximate surface area is 153 Å². The molecule has 5 nitrogen and oxygen atoms in total. The minimum Gasteiger partial charge on any atom is -0.321 e. The zero-order valence-electron chi connectivity index (χ0n) is 13.1. The van der Waals surface area contributed by atoms with Crippen molar-refractivity contribution in [3.05, 3.63) is 88.5 Å². The fourth-order valence-corrected chi connectivity index (χ4v) is 2.44. The van der Waals surface area contributed by atoms with Gasteiger partial charge in [-0.1, -0.05) is 30.3 Å². The molecule has 1 aromatic heterocycles. The van der Waals surface area contributed by atoms with E-state index in [0.717, 1.165) is 4.47 Å². The number of halogens is 1. The van der Waals surface area contributed by atoms with Gasteiger partial charge < -0.3 is 10.6 Å². The van der Waals surface area contributed by atoms with E-state index in [-0.39, 0.29) is 11.8 Å². The average molecular weight is 396 g/mol. The predicted octanol–water partition coefficient (Wildman–Crippen LogP) is 4.35. The second kappa shape index (κ2) is 7.72. The molecule has 2 N–H and O–H groups in total. The minimum absolute atomic E-state index is 0.275. The largest absolute Gasteiger partial charge is 0.321 e. The van der Waals surface area contributed by atoms with E-state index in [4.69, 9.17) is 0 Å². The maximum absolute atomic E-state index is 12.5. The zero-order valence-corrected chi connectivity index (χ0v) is 14.7. The Morgan fingerprint density at radius 1 is 0.800 bits per heavy atom. The average Bonchev–Trinajstić information content (AvgIpc) is 2.64. The van der Waals surface area contributed by atoms with Crippen LogP contribution in [0.4, 0.5) is 11.5 Å². The number of para-hydroxylation sites is 1. The van der Waals surface area contributed by atoms with Gasteiger partial charge >= 0.3 is 0 Å². The van der Waals surface area contributed by atoms with Crippen molar-refractivity contribution in [1.82, 2.24) is 4.98 Å². The summed E-state index contributed by atoms with van der Waals surface area (Å²) >= 11 is 3.29. The molecule has 6 heteroatoms. The second-order valence-corrected chi connectivity index (χ2v) is 6.10. The van der Waals surface area contributed by atoms with Crippen LogP contribution in [-0.2, 0) is 0 Å². The Kier molecular flexibility index (Phi) is 5.20. The number of benzene rings is 2. The molecule has 2 aromatic carbocycles. The van der Waals surface area contributed by atoms with Crippen LogP contribution in [0.1, 0.15) is 20.7 Å². The summed E-state index contributed by atoms with van der Waals surface area (Å²) < 4.78 is 0.820. The lowest BCUT2D eigenvalue weighted by Crippen LogP contribution is -2.18. The number of nitrogens with one attached hydrogen (secondary N) is 2. The molecule has 0 saturated heterocycles. The van der Waals surface area contributed by atoms with Crippen LogP contribution in [0.3, 0.4) is 0 Å². The first-order valence-electron chi connectivity index (χ1n) is 7.52. The maximum atomic E-state index is 12.5. The van der Waals surface area contributed by atoms with E-state index in [2.05, 4.69) is 31.5 Å². The molecule has 0 aliphatic heterocycles. The van der Waals surface area contributed by atoms with E-state index in [0.29, 0.717) is 22.6 Å². The Morgan fingerprint density at radius 3 is 2.24 bits per heavy atom. The second-order valence-electron chi connectivity index (χ2n) is 5.18. The van der Waals surface area contributed by atoms with Crippen molar-refractivity contribution in [1.29, 1.82) is 0 Å². The van der Waals surface area contributed by atoms with Crippen LogP contribution in [-0.4, -0.2) is 16.8 Å². The molecule has 0 saturated carbocycles. The van der Waals surface area contributed by atoms with Crippen molar-refractivity contribution in [2.45, 2.75) is 0 Å². The molecule has 0 radical (unpaired) electrons. The van der Waals surface area contributed by atoms with Crippen molar-refractivity contribution in [3.8, 4) is 0 Å². The molecular weight excluding hydrogens is 382 g/mol. The third-order valence-corrected chi connectivity index (χ3v) is 3.89. The first-order chi connectivity index (χ1) is 12.1. The lowest BCUT2D eigenvalue weighted by atomic mass is 10.1. The highest BCUT2D eigenvalue weighted by molar-refractivity contribution is 9.10. The van der Waals surface area contributed by atoms with Crippen LogP contribution in [0, 0.1) is 0 Å². The fraction of sp³-hybridized carbons (Fsp3) is 0. The van der Waals surface area contributed by atoms with Crippen molar-refractivity contribution >= 4 is 39.2 Å². The number of anilines is 2. The normalized spacial score (nSPS) is 10.1. The number of pyridine rings is 1. The van der Waals surface area contributed by atoms with E-state index < -0.39 is 0 Å². The molecule has 2 amide bonds. The van der Waals surface area contributed by atoms with Gasteiger partial charge in [-0.2, -0.15) is 0 Å². The van der Waals surface area contributed by atoms with Gasteiger partial charge in [-0.3, -0.25) is 9.59 Å². The van der Waals surface area contributed by atoms with Crippen LogP contribution in [0.15, 0.2) is 77.4 Å². The SMILES string of the molecule is O=C(Nc1ccccc1C(=O)Nc1ccc(Br)cn1)c1ccccc1. The topological polar surface area (TPSA) is 71.1 Å². The summed E-state index contributed by atoms with van der Waals surface area (Å²) in [7, 11) is 0. The number of rotatable bonds is 4. The molecular formula is C19H14BrN3O2. The number of carbonyl (C=O) groups is 2. The molecule has 0 aliphatic carbocycles. The molecule has 1 heterocycles. The Morgan fingerprint density at radius 2 is 1.52 bits per heavy atom. The first kappa shape index (κ1) is 16.9. The molecule has 0 unspecified atom stereocenters. The van der Waals surface area contributed by atoms with Gasteiger partial charge in [-0.25, -0.2) is 4.98 Å². The summed E-state index contributed by atoms with van der Waals surface area (Å²) in [6, 6.07) is 19.1. The third kappa shape index (κ3) is 4.30. The molecule has 0 spiro atoms. The molecule has 124 valence electrons. The van der Waals surface area contributed by atoms with Crippen LogP contribution in [0.25, 0.3) is 0 Å². The molecule has 0 fully saturated rings. The van der Waals surface area contributed by atoms with Crippen molar-refractivity contribution in [2.75, 3.05) is 10.6 Å². The van der Waals surface area contributed by atoms with E-state index in [1.807, 2.05) is 6.07 Å². The lowest BCUT2D eigenvalue weighted by molar-refractivity contribution is 0.102. The van der Waals surface area contributed by atoms with E-state index in [1.54, 1.807) is 66.9 Å². The van der Waals surface area contributed by atoms with Crippen molar-refractivity contribution in [3.63, 3.8) is 0 Å². The Hall–Kier alpha value is -2.99. The van der Waals surface area contributed by atoms with Crippen LogP contribution < -0.4 is 10.6 Å². The van der Waals surface area contributed by atoms with E-state index in [9.17, 15) is 9.59 Å². The monoisotopic (exact) mass is 395 g/mol. The molecule has 0 atom stereocenters. The third-order valence-electron chi connectivity index (χ3n) is 3.42. The van der Waals surface area contributed by atoms with Gasteiger partial charge in [-0.05, 0) is 52.3 Å².